The van der Waals surface area contributed by atoms with Crippen LogP contribution in [0.3, 0.4) is 0 Å². The number of rotatable bonds is 7. The minimum Gasteiger partial charge on any atom is -0.303 e. The molecule has 0 fully saturated rings. The van der Waals surface area contributed by atoms with E-state index in [2.05, 4.69) is 32.7 Å². The van der Waals surface area contributed by atoms with Gasteiger partial charge in [0.15, 0.2) is 0 Å². The second-order valence-corrected chi connectivity index (χ2v) is 3.68. The maximum atomic E-state index is 2.51. The van der Waals surface area contributed by atoms with Crippen LogP contribution in [0.15, 0.2) is 0 Å². The molecule has 0 aromatic rings. The molecule has 1 atom stereocenters. The number of unbranched alkanes of at least 4 members (excludes halogenated alkanes) is 1. The monoisotopic (exact) mass is 171 g/mol. The summed E-state index contributed by atoms with van der Waals surface area (Å²) in [7, 11) is 2.26. The Morgan fingerprint density at radius 2 is 1.75 bits per heavy atom. The van der Waals surface area contributed by atoms with Gasteiger partial charge in [0, 0.05) is 6.04 Å². The molecule has 0 bridgehead atoms. The van der Waals surface area contributed by atoms with Crippen molar-refractivity contribution in [3.8, 4) is 0 Å². The molecule has 0 aromatic heterocycles. The topological polar surface area (TPSA) is 3.24 Å². The van der Waals surface area contributed by atoms with Crippen LogP contribution >= 0.6 is 0 Å². The van der Waals surface area contributed by atoms with Crippen LogP contribution in [0.5, 0.6) is 0 Å². The third-order valence-electron chi connectivity index (χ3n) is 2.56. The maximum absolute atomic E-state index is 2.51. The molecule has 0 spiro atoms. The zero-order valence-electron chi connectivity index (χ0n) is 9.27. The van der Waals surface area contributed by atoms with E-state index in [4.69, 9.17) is 0 Å². The van der Waals surface area contributed by atoms with Gasteiger partial charge in [-0.05, 0) is 32.9 Å². The lowest BCUT2D eigenvalue weighted by atomic mass is 10.1. The largest absolute Gasteiger partial charge is 0.303 e. The third-order valence-corrected chi connectivity index (χ3v) is 2.56. The molecule has 0 amide bonds. The van der Waals surface area contributed by atoms with Gasteiger partial charge < -0.3 is 4.90 Å². The van der Waals surface area contributed by atoms with E-state index < -0.39 is 0 Å². The van der Waals surface area contributed by atoms with Gasteiger partial charge in [0.25, 0.3) is 0 Å². The number of hydrogen-bond donors (Lipinski definition) is 0. The summed E-state index contributed by atoms with van der Waals surface area (Å²) < 4.78 is 0. The van der Waals surface area contributed by atoms with E-state index in [0.717, 1.165) is 6.04 Å². The fraction of sp³-hybridized carbons (Fsp3) is 1.00. The Balaban J connectivity index is 3.62. The number of nitrogens with zero attached hydrogens (tertiary/aromatic N) is 1. The molecule has 0 saturated heterocycles. The summed E-state index contributed by atoms with van der Waals surface area (Å²) in [6.45, 7) is 8.07. The minimum absolute atomic E-state index is 0.824. The van der Waals surface area contributed by atoms with Gasteiger partial charge in [-0.3, -0.25) is 0 Å². The van der Waals surface area contributed by atoms with Crippen molar-refractivity contribution in [2.45, 2.75) is 58.9 Å². The van der Waals surface area contributed by atoms with Crippen LogP contribution in [0.2, 0.25) is 0 Å². The van der Waals surface area contributed by atoms with Gasteiger partial charge >= 0.3 is 0 Å². The molecule has 1 nitrogen and oxygen atoms in total. The summed E-state index contributed by atoms with van der Waals surface area (Å²) in [6, 6.07) is 0.824. The lowest BCUT2D eigenvalue weighted by Gasteiger charge is -2.26. The maximum Gasteiger partial charge on any atom is 0.00895 e. The first kappa shape index (κ1) is 12.0. The fourth-order valence-corrected chi connectivity index (χ4v) is 1.71. The van der Waals surface area contributed by atoms with Crippen LogP contribution in [-0.2, 0) is 0 Å². The highest BCUT2D eigenvalue weighted by molar-refractivity contribution is 4.66. The van der Waals surface area contributed by atoms with Gasteiger partial charge in [0.1, 0.15) is 0 Å². The van der Waals surface area contributed by atoms with Crippen LogP contribution in [0.4, 0.5) is 0 Å². The van der Waals surface area contributed by atoms with Crippen LogP contribution in [0.1, 0.15) is 52.9 Å². The van der Waals surface area contributed by atoms with E-state index in [1.807, 2.05) is 0 Å². The second kappa shape index (κ2) is 7.60. The summed E-state index contributed by atoms with van der Waals surface area (Å²) in [5.74, 6) is 0. The van der Waals surface area contributed by atoms with Crippen LogP contribution in [0, 0.1) is 0 Å². The van der Waals surface area contributed by atoms with E-state index in [1.54, 1.807) is 0 Å². The Bertz CT molecular complexity index is 91.0. The zero-order valence-corrected chi connectivity index (χ0v) is 9.27. The lowest BCUT2D eigenvalue weighted by Crippen LogP contribution is -2.31. The summed E-state index contributed by atoms with van der Waals surface area (Å²) in [5.41, 5.74) is 0. The molecule has 0 aliphatic rings. The van der Waals surface area contributed by atoms with Crippen molar-refractivity contribution in [1.29, 1.82) is 0 Å². The second-order valence-electron chi connectivity index (χ2n) is 3.68. The normalized spacial score (nSPS) is 13.8. The molecule has 0 heterocycles. The average Bonchev–Trinajstić information content (AvgIpc) is 2.06. The van der Waals surface area contributed by atoms with E-state index in [-0.39, 0.29) is 0 Å². The van der Waals surface area contributed by atoms with Crippen molar-refractivity contribution in [3.05, 3.63) is 0 Å². The van der Waals surface area contributed by atoms with Crippen molar-refractivity contribution >= 4 is 0 Å². The van der Waals surface area contributed by atoms with Crippen molar-refractivity contribution in [3.63, 3.8) is 0 Å². The van der Waals surface area contributed by atoms with Gasteiger partial charge in [-0.25, -0.2) is 0 Å². The van der Waals surface area contributed by atoms with Gasteiger partial charge in [-0.15, -0.1) is 0 Å². The fourth-order valence-electron chi connectivity index (χ4n) is 1.71. The van der Waals surface area contributed by atoms with Crippen molar-refractivity contribution in [1.82, 2.24) is 4.90 Å². The van der Waals surface area contributed by atoms with Gasteiger partial charge in [-0.1, -0.05) is 33.6 Å². The van der Waals surface area contributed by atoms with Crippen molar-refractivity contribution in [2.24, 2.45) is 0 Å². The zero-order chi connectivity index (χ0) is 9.40. The molecular weight excluding hydrogens is 146 g/mol. The third kappa shape index (κ3) is 4.76. The van der Waals surface area contributed by atoms with Crippen LogP contribution in [0.25, 0.3) is 0 Å². The molecule has 0 N–H and O–H groups in total. The number of hydrogen-bond acceptors (Lipinski definition) is 1. The smallest absolute Gasteiger partial charge is 0.00895 e. The van der Waals surface area contributed by atoms with E-state index in [9.17, 15) is 0 Å². The summed E-state index contributed by atoms with van der Waals surface area (Å²) in [6.07, 6.45) is 6.67. The lowest BCUT2D eigenvalue weighted by molar-refractivity contribution is 0.221. The molecule has 0 aromatic carbocycles. The summed E-state index contributed by atoms with van der Waals surface area (Å²) in [5, 5.41) is 0. The summed E-state index contributed by atoms with van der Waals surface area (Å²) in [4.78, 5) is 2.51. The van der Waals surface area contributed by atoms with Crippen molar-refractivity contribution in [2.75, 3.05) is 13.6 Å². The van der Waals surface area contributed by atoms with E-state index >= 15 is 0 Å². The first-order valence-corrected chi connectivity index (χ1v) is 5.46. The Hall–Kier alpha value is -0.0400. The predicted octanol–water partition coefficient (Wildman–Crippen LogP) is 3.30. The van der Waals surface area contributed by atoms with Crippen LogP contribution < -0.4 is 0 Å². The molecule has 1 heteroatoms. The molecule has 0 radical (unpaired) electrons. The molecule has 0 aliphatic heterocycles. The Morgan fingerprint density at radius 3 is 2.17 bits per heavy atom. The molecule has 0 saturated carbocycles. The van der Waals surface area contributed by atoms with Gasteiger partial charge in [0.05, 0.1) is 0 Å². The predicted molar refractivity (Wildman–Crippen MR) is 56.5 cm³/mol. The summed E-state index contributed by atoms with van der Waals surface area (Å²) >= 11 is 0. The Labute approximate surface area is 78.1 Å². The standard InChI is InChI=1S/C11H25N/c1-5-8-9-11(7-3)12(4)10-6-2/h11H,5-10H2,1-4H3. The first-order chi connectivity index (χ1) is 5.76. The Kier molecular flexibility index (Phi) is 7.58. The van der Waals surface area contributed by atoms with Gasteiger partial charge in [-0.2, -0.15) is 0 Å². The highest BCUT2D eigenvalue weighted by Crippen LogP contribution is 2.10. The minimum atomic E-state index is 0.824. The molecule has 0 aliphatic carbocycles. The molecule has 0 rings (SSSR count). The molecular formula is C11H25N. The van der Waals surface area contributed by atoms with Gasteiger partial charge in [0.2, 0.25) is 0 Å². The molecule has 74 valence electrons. The molecule has 1 unspecified atom stereocenters. The van der Waals surface area contributed by atoms with Crippen molar-refractivity contribution < 1.29 is 0 Å². The first-order valence-electron chi connectivity index (χ1n) is 5.46. The SMILES string of the molecule is CCCCC(CC)N(C)CCC. The van der Waals surface area contributed by atoms with E-state index in [1.165, 1.54) is 38.6 Å². The Morgan fingerprint density at radius 1 is 1.08 bits per heavy atom. The highest BCUT2D eigenvalue weighted by Gasteiger charge is 2.09. The van der Waals surface area contributed by atoms with Crippen LogP contribution in [-0.4, -0.2) is 24.5 Å². The highest BCUT2D eigenvalue weighted by atomic mass is 15.1. The quantitative estimate of drug-likeness (QED) is 0.568. The molecule has 12 heavy (non-hydrogen) atoms. The average molecular weight is 171 g/mol. The van der Waals surface area contributed by atoms with E-state index in [0.29, 0.717) is 0 Å².